The first-order chi connectivity index (χ1) is 20.8. The average molecular weight is 613 g/mol. The Hall–Kier alpha value is -4.29. The van der Waals surface area contributed by atoms with Crippen LogP contribution in [0.25, 0.3) is 5.57 Å². The van der Waals surface area contributed by atoms with Crippen LogP contribution in [0.5, 0.6) is 0 Å². The van der Waals surface area contributed by atoms with Crippen molar-refractivity contribution >= 4 is 23.5 Å². The first-order valence-electron chi connectivity index (χ1n) is 14.2. The minimum Gasteiger partial charge on any atom is -0.465 e. The van der Waals surface area contributed by atoms with Crippen molar-refractivity contribution in [3.05, 3.63) is 105 Å². The minimum atomic E-state index is -4.81. The molecule has 1 N–H and O–H groups in total. The first-order valence-corrected chi connectivity index (χ1v) is 14.2. The predicted molar refractivity (Wildman–Crippen MR) is 159 cm³/mol. The second-order valence-electron chi connectivity index (χ2n) is 11.0. The molecule has 2 aliphatic rings. The molecule has 0 radical (unpaired) electrons. The van der Waals surface area contributed by atoms with Crippen molar-refractivity contribution < 1.29 is 32.4 Å². The van der Waals surface area contributed by atoms with Gasteiger partial charge in [0.15, 0.2) is 6.29 Å². The standard InChI is InChI=1S/C32H35F3N4O5/c1-5-44-30(41)19-37-14-10-9-13-28(37)29-18-27(23-11-7-6-8-12-23)21(2)31(4,20-40)38(29)36-22(3)24-15-25(32(33,34)35)17-26(16-24)39(42)43/h6-12,15-18,20,22,28,36H,5,13-14,19H2,1-4H3/t22-,28-,31+/m1/s1. The topological polar surface area (TPSA) is 105 Å². The van der Waals surface area contributed by atoms with E-state index in [0.717, 1.165) is 29.6 Å². The summed E-state index contributed by atoms with van der Waals surface area (Å²) in [6.45, 7) is 7.42. The van der Waals surface area contributed by atoms with E-state index in [4.69, 9.17) is 4.74 Å². The molecule has 12 heteroatoms. The molecule has 0 aliphatic carbocycles. The maximum absolute atomic E-state index is 13.7. The van der Waals surface area contributed by atoms with E-state index in [1.807, 2.05) is 60.4 Å². The maximum atomic E-state index is 13.7. The molecule has 2 aromatic rings. The van der Waals surface area contributed by atoms with Gasteiger partial charge in [-0.1, -0.05) is 42.5 Å². The summed E-state index contributed by atoms with van der Waals surface area (Å²) in [5.41, 5.74) is 2.99. The van der Waals surface area contributed by atoms with E-state index in [-0.39, 0.29) is 18.7 Å². The quantitative estimate of drug-likeness (QED) is 0.115. The molecule has 0 spiro atoms. The Bertz CT molecular complexity index is 1500. The van der Waals surface area contributed by atoms with E-state index in [1.54, 1.807) is 25.8 Å². The van der Waals surface area contributed by atoms with Crippen molar-refractivity contribution in [1.82, 2.24) is 15.3 Å². The summed E-state index contributed by atoms with van der Waals surface area (Å²) in [6, 6.07) is 10.6. The van der Waals surface area contributed by atoms with Gasteiger partial charge in [-0.05, 0) is 68.5 Å². The summed E-state index contributed by atoms with van der Waals surface area (Å²) in [5.74, 6) is -0.415. The molecule has 0 amide bonds. The van der Waals surface area contributed by atoms with Gasteiger partial charge in [-0.3, -0.25) is 24.8 Å². The lowest BCUT2D eigenvalue weighted by Gasteiger charge is -2.50. The van der Waals surface area contributed by atoms with E-state index in [1.165, 1.54) is 0 Å². The van der Waals surface area contributed by atoms with Gasteiger partial charge in [0.05, 0.1) is 29.7 Å². The molecule has 0 saturated heterocycles. The highest BCUT2D eigenvalue weighted by Crippen LogP contribution is 2.41. The average Bonchev–Trinajstić information content (AvgIpc) is 3.00. The van der Waals surface area contributed by atoms with Crippen LogP contribution >= 0.6 is 0 Å². The molecule has 2 aromatic carbocycles. The number of alkyl halides is 3. The van der Waals surface area contributed by atoms with Crippen molar-refractivity contribution in [3.63, 3.8) is 0 Å². The van der Waals surface area contributed by atoms with Crippen LogP contribution in [0.4, 0.5) is 18.9 Å². The van der Waals surface area contributed by atoms with Crippen LogP contribution < -0.4 is 5.43 Å². The van der Waals surface area contributed by atoms with E-state index < -0.39 is 45.9 Å². The molecule has 4 rings (SSSR count). The van der Waals surface area contributed by atoms with Gasteiger partial charge >= 0.3 is 12.1 Å². The number of rotatable bonds is 10. The van der Waals surface area contributed by atoms with Gasteiger partial charge in [0.25, 0.3) is 5.69 Å². The second-order valence-corrected chi connectivity index (χ2v) is 11.0. The second kappa shape index (κ2) is 13.1. The predicted octanol–water partition coefficient (Wildman–Crippen LogP) is 6.00. The Morgan fingerprint density at radius 1 is 1.23 bits per heavy atom. The van der Waals surface area contributed by atoms with Gasteiger partial charge < -0.3 is 9.53 Å². The highest BCUT2D eigenvalue weighted by Gasteiger charge is 2.44. The lowest BCUT2D eigenvalue weighted by atomic mass is 9.81. The fraction of sp³-hybridized carbons (Fsp3) is 0.375. The number of hydrogen-bond acceptors (Lipinski definition) is 8. The van der Waals surface area contributed by atoms with Crippen LogP contribution in [0.2, 0.25) is 0 Å². The highest BCUT2D eigenvalue weighted by molar-refractivity contribution is 5.86. The summed E-state index contributed by atoms with van der Waals surface area (Å²) < 4.78 is 46.3. The number of hydrazine groups is 1. The molecule has 0 bridgehead atoms. The lowest BCUT2D eigenvalue weighted by molar-refractivity contribution is -0.385. The van der Waals surface area contributed by atoms with E-state index >= 15 is 0 Å². The number of carbonyl (C=O) groups is 2. The highest BCUT2D eigenvalue weighted by atomic mass is 19.4. The number of hydrogen-bond donors (Lipinski definition) is 1. The fourth-order valence-electron chi connectivity index (χ4n) is 5.53. The van der Waals surface area contributed by atoms with Crippen molar-refractivity contribution in [3.8, 4) is 0 Å². The Kier molecular flexibility index (Phi) is 9.75. The molecule has 234 valence electrons. The summed E-state index contributed by atoms with van der Waals surface area (Å²) in [4.78, 5) is 38.1. The van der Waals surface area contributed by atoms with Crippen molar-refractivity contribution in [2.75, 3.05) is 19.7 Å². The van der Waals surface area contributed by atoms with E-state index in [9.17, 15) is 32.9 Å². The monoisotopic (exact) mass is 612 g/mol. The smallest absolute Gasteiger partial charge is 0.416 e. The molecule has 2 heterocycles. The third kappa shape index (κ3) is 6.76. The summed E-state index contributed by atoms with van der Waals surface area (Å²) in [5, 5.41) is 13.2. The van der Waals surface area contributed by atoms with Crippen LogP contribution in [-0.4, -0.2) is 58.4 Å². The molecule has 3 atom stereocenters. The Labute approximate surface area is 253 Å². The van der Waals surface area contributed by atoms with Gasteiger partial charge in [0, 0.05) is 30.4 Å². The largest absolute Gasteiger partial charge is 0.465 e. The number of nitro benzene ring substituents is 1. The number of esters is 1. The summed E-state index contributed by atoms with van der Waals surface area (Å²) >= 11 is 0. The van der Waals surface area contributed by atoms with Gasteiger partial charge in [0.1, 0.15) is 5.54 Å². The Morgan fingerprint density at radius 2 is 1.93 bits per heavy atom. The molecular weight excluding hydrogens is 577 g/mol. The zero-order valence-electron chi connectivity index (χ0n) is 24.9. The number of ether oxygens (including phenoxy) is 1. The van der Waals surface area contributed by atoms with Gasteiger partial charge in [-0.15, -0.1) is 0 Å². The molecule has 0 aromatic heterocycles. The number of aldehydes is 1. The number of nitrogens with zero attached hydrogens (tertiary/aromatic N) is 3. The van der Waals surface area contributed by atoms with E-state index in [2.05, 4.69) is 5.43 Å². The minimum absolute atomic E-state index is 0.0153. The van der Waals surface area contributed by atoms with Gasteiger partial charge in [-0.25, -0.2) is 5.43 Å². The van der Waals surface area contributed by atoms with Crippen molar-refractivity contribution in [2.45, 2.75) is 57.9 Å². The third-order valence-electron chi connectivity index (χ3n) is 8.08. The molecule has 44 heavy (non-hydrogen) atoms. The van der Waals surface area contributed by atoms with Crippen molar-refractivity contribution in [1.29, 1.82) is 0 Å². The zero-order chi connectivity index (χ0) is 32.2. The van der Waals surface area contributed by atoms with Crippen molar-refractivity contribution in [2.24, 2.45) is 0 Å². The number of carbonyl (C=O) groups excluding carboxylic acids is 2. The number of nitrogens with one attached hydrogen (secondary N) is 1. The number of nitro groups is 1. The molecule has 0 saturated carbocycles. The molecule has 0 fully saturated rings. The lowest BCUT2D eigenvalue weighted by Crippen LogP contribution is -2.60. The first kappa shape index (κ1) is 32.6. The van der Waals surface area contributed by atoms with Crippen LogP contribution in [-0.2, 0) is 20.5 Å². The number of allylic oxidation sites excluding steroid dienone is 2. The zero-order valence-corrected chi connectivity index (χ0v) is 24.9. The number of benzene rings is 2. The Balaban J connectivity index is 1.85. The normalized spacial score (nSPS) is 21.6. The molecule has 0 unspecified atom stereocenters. The van der Waals surface area contributed by atoms with E-state index in [0.29, 0.717) is 30.3 Å². The number of non-ortho nitro benzene ring substituents is 1. The molecule has 9 nitrogen and oxygen atoms in total. The Morgan fingerprint density at radius 3 is 2.55 bits per heavy atom. The summed E-state index contributed by atoms with van der Waals surface area (Å²) in [6.07, 6.45) is 2.26. The van der Waals surface area contributed by atoms with Crippen LogP contribution in [0.1, 0.15) is 56.8 Å². The van der Waals surface area contributed by atoms with Crippen LogP contribution in [0.15, 0.2) is 78.0 Å². The van der Waals surface area contributed by atoms with Gasteiger partial charge in [-0.2, -0.15) is 13.2 Å². The third-order valence-corrected chi connectivity index (χ3v) is 8.08. The number of halogens is 3. The van der Waals surface area contributed by atoms with Crippen LogP contribution in [0, 0.1) is 10.1 Å². The molecule has 2 aliphatic heterocycles. The maximum Gasteiger partial charge on any atom is 0.416 e. The molecular formula is C32H35F3N4O5. The SMILES string of the molecule is CCOC(=O)CN1CC=CC[C@@H]1C1=CC(c2ccccc2)=C(C)[C@](C)(C=O)N1N[C@H](C)c1cc([N+](=O)[O-])cc(C(F)(F)F)c1. The fourth-order valence-corrected chi connectivity index (χ4v) is 5.53. The summed E-state index contributed by atoms with van der Waals surface area (Å²) in [7, 11) is 0. The van der Waals surface area contributed by atoms with Crippen LogP contribution in [0.3, 0.4) is 0 Å². The van der Waals surface area contributed by atoms with Gasteiger partial charge in [0.2, 0.25) is 0 Å².